The van der Waals surface area contributed by atoms with E-state index < -0.39 is 11.7 Å². The van der Waals surface area contributed by atoms with Gasteiger partial charge < -0.3 is 4.52 Å². The zero-order valence-corrected chi connectivity index (χ0v) is 10.4. The van der Waals surface area contributed by atoms with E-state index in [1.54, 1.807) is 26.8 Å². The fourth-order valence-electron chi connectivity index (χ4n) is 1.51. The maximum Gasteiger partial charge on any atom is 0.261 e. The molecule has 0 fully saturated rings. The van der Waals surface area contributed by atoms with Crippen LogP contribution in [0.15, 0.2) is 22.7 Å². The molecule has 0 atom stereocenters. The monoisotopic (exact) mass is 248 g/mol. The highest BCUT2D eigenvalue weighted by Gasteiger charge is 2.16. The van der Waals surface area contributed by atoms with Gasteiger partial charge in [0.25, 0.3) is 5.91 Å². The number of aryl methyl sites for hydroxylation is 2. The average Bonchev–Trinajstić information content (AvgIpc) is 2.61. The molecule has 4 nitrogen and oxygen atoms in total. The van der Waals surface area contributed by atoms with E-state index in [-0.39, 0.29) is 11.4 Å². The van der Waals surface area contributed by atoms with Crippen LogP contribution in [-0.4, -0.2) is 11.1 Å². The van der Waals surface area contributed by atoms with Gasteiger partial charge in [0, 0.05) is 5.56 Å². The number of hydrogen-bond donors (Lipinski definition) is 1. The number of amides is 1. The number of aromatic nitrogens is 1. The summed E-state index contributed by atoms with van der Waals surface area (Å²) >= 11 is 0. The van der Waals surface area contributed by atoms with Gasteiger partial charge in [0.05, 0.1) is 11.3 Å². The second-order valence-corrected chi connectivity index (χ2v) is 4.16. The van der Waals surface area contributed by atoms with E-state index >= 15 is 0 Å². The third-order valence-corrected chi connectivity index (χ3v) is 2.75. The number of carbonyl (C=O) groups is 1. The third-order valence-electron chi connectivity index (χ3n) is 2.75. The summed E-state index contributed by atoms with van der Waals surface area (Å²) in [6.07, 6.45) is 0. The number of nitrogens with zero attached hydrogens (tertiary/aromatic N) is 1. The molecule has 18 heavy (non-hydrogen) atoms. The molecule has 2 aromatic rings. The van der Waals surface area contributed by atoms with Crippen LogP contribution in [0.4, 0.5) is 10.3 Å². The first-order valence-corrected chi connectivity index (χ1v) is 5.49. The SMILES string of the molecule is Cc1ccc(C(=O)Nc2onc(C)c2C)c(F)c1. The molecule has 94 valence electrons. The second-order valence-electron chi connectivity index (χ2n) is 4.16. The van der Waals surface area contributed by atoms with Gasteiger partial charge in [0.2, 0.25) is 5.88 Å². The van der Waals surface area contributed by atoms with Gasteiger partial charge in [0.15, 0.2) is 0 Å². The minimum atomic E-state index is -0.554. The van der Waals surface area contributed by atoms with Crippen molar-refractivity contribution in [1.29, 1.82) is 0 Å². The Labute approximate surface area is 104 Å². The van der Waals surface area contributed by atoms with Crippen molar-refractivity contribution in [3.8, 4) is 0 Å². The predicted molar refractivity (Wildman–Crippen MR) is 65.1 cm³/mol. The Morgan fingerprint density at radius 1 is 1.33 bits per heavy atom. The van der Waals surface area contributed by atoms with Crippen molar-refractivity contribution in [3.05, 3.63) is 46.4 Å². The minimum absolute atomic E-state index is 0.0194. The van der Waals surface area contributed by atoms with Gasteiger partial charge in [0.1, 0.15) is 5.82 Å². The molecule has 2 rings (SSSR count). The molecular weight excluding hydrogens is 235 g/mol. The normalized spacial score (nSPS) is 10.4. The quantitative estimate of drug-likeness (QED) is 0.888. The standard InChI is InChI=1S/C13H13FN2O2/c1-7-4-5-10(11(14)6-7)12(17)15-13-8(2)9(3)16-18-13/h4-6H,1-3H3,(H,15,17). The van der Waals surface area contributed by atoms with Crippen LogP contribution in [0.25, 0.3) is 0 Å². The summed E-state index contributed by atoms with van der Waals surface area (Å²) in [7, 11) is 0. The number of halogens is 1. The average molecular weight is 248 g/mol. The summed E-state index contributed by atoms with van der Waals surface area (Å²) in [5.41, 5.74) is 2.16. The number of benzene rings is 1. The summed E-state index contributed by atoms with van der Waals surface area (Å²) in [6.45, 7) is 5.29. The predicted octanol–water partition coefficient (Wildman–Crippen LogP) is 2.99. The number of hydrogen-bond acceptors (Lipinski definition) is 3. The Kier molecular flexibility index (Phi) is 3.14. The molecule has 0 spiro atoms. The van der Waals surface area contributed by atoms with Crippen LogP contribution in [0.2, 0.25) is 0 Å². The molecule has 0 radical (unpaired) electrons. The van der Waals surface area contributed by atoms with E-state index in [9.17, 15) is 9.18 Å². The van der Waals surface area contributed by atoms with Crippen molar-refractivity contribution in [3.63, 3.8) is 0 Å². The van der Waals surface area contributed by atoms with Crippen molar-refractivity contribution in [2.24, 2.45) is 0 Å². The lowest BCUT2D eigenvalue weighted by Gasteiger charge is -2.04. The largest absolute Gasteiger partial charge is 0.338 e. The maximum absolute atomic E-state index is 13.6. The van der Waals surface area contributed by atoms with E-state index in [1.807, 2.05) is 0 Å². The molecular formula is C13H13FN2O2. The lowest BCUT2D eigenvalue weighted by atomic mass is 10.1. The first kappa shape index (κ1) is 12.3. The topological polar surface area (TPSA) is 55.1 Å². The summed E-state index contributed by atoms with van der Waals surface area (Å²) < 4.78 is 18.5. The van der Waals surface area contributed by atoms with Gasteiger partial charge in [-0.05, 0) is 38.5 Å². The molecule has 0 unspecified atom stereocenters. The van der Waals surface area contributed by atoms with Crippen LogP contribution >= 0.6 is 0 Å². The molecule has 0 aliphatic heterocycles. The van der Waals surface area contributed by atoms with Crippen molar-refractivity contribution >= 4 is 11.8 Å². The van der Waals surface area contributed by atoms with E-state index in [0.717, 1.165) is 11.1 Å². The molecule has 1 aromatic carbocycles. The van der Waals surface area contributed by atoms with Crippen molar-refractivity contribution in [2.75, 3.05) is 5.32 Å². The zero-order valence-electron chi connectivity index (χ0n) is 10.4. The van der Waals surface area contributed by atoms with Crippen LogP contribution in [0.3, 0.4) is 0 Å². The molecule has 1 amide bonds. The molecule has 1 N–H and O–H groups in total. The molecule has 5 heteroatoms. The fraction of sp³-hybridized carbons (Fsp3) is 0.231. The van der Waals surface area contributed by atoms with Crippen molar-refractivity contribution < 1.29 is 13.7 Å². The molecule has 1 heterocycles. The summed E-state index contributed by atoms with van der Waals surface area (Å²) in [4.78, 5) is 11.9. The summed E-state index contributed by atoms with van der Waals surface area (Å²) in [5.74, 6) is -0.856. The molecule has 0 aliphatic rings. The van der Waals surface area contributed by atoms with Crippen molar-refractivity contribution in [1.82, 2.24) is 5.16 Å². The van der Waals surface area contributed by atoms with Crippen LogP contribution in [0, 0.1) is 26.6 Å². The van der Waals surface area contributed by atoms with Crippen LogP contribution in [0.5, 0.6) is 0 Å². The highest BCUT2D eigenvalue weighted by molar-refractivity contribution is 6.04. The second kappa shape index (κ2) is 4.60. The van der Waals surface area contributed by atoms with Gasteiger partial charge in [-0.25, -0.2) is 4.39 Å². The smallest absolute Gasteiger partial charge is 0.261 e. The van der Waals surface area contributed by atoms with Gasteiger partial charge in [-0.15, -0.1) is 0 Å². The summed E-state index contributed by atoms with van der Waals surface area (Å²) in [6, 6.07) is 4.43. The Morgan fingerprint density at radius 3 is 2.61 bits per heavy atom. The molecule has 0 saturated heterocycles. The number of rotatable bonds is 2. The number of nitrogens with one attached hydrogen (secondary N) is 1. The van der Waals surface area contributed by atoms with Crippen LogP contribution in [0.1, 0.15) is 27.2 Å². The van der Waals surface area contributed by atoms with E-state index in [1.165, 1.54) is 12.1 Å². The van der Waals surface area contributed by atoms with Gasteiger partial charge >= 0.3 is 0 Å². The molecule has 1 aromatic heterocycles. The van der Waals surface area contributed by atoms with Crippen molar-refractivity contribution in [2.45, 2.75) is 20.8 Å². The van der Waals surface area contributed by atoms with Gasteiger partial charge in [-0.1, -0.05) is 11.2 Å². The third kappa shape index (κ3) is 2.25. The highest BCUT2D eigenvalue weighted by Crippen LogP contribution is 2.19. The van der Waals surface area contributed by atoms with E-state index in [0.29, 0.717) is 5.69 Å². The minimum Gasteiger partial charge on any atom is -0.338 e. The van der Waals surface area contributed by atoms with Crippen LogP contribution in [-0.2, 0) is 0 Å². The Hall–Kier alpha value is -2.17. The first-order chi connectivity index (χ1) is 8.49. The maximum atomic E-state index is 13.6. The van der Waals surface area contributed by atoms with Gasteiger partial charge in [-0.3, -0.25) is 10.1 Å². The van der Waals surface area contributed by atoms with Gasteiger partial charge in [-0.2, -0.15) is 0 Å². The molecule has 0 aliphatic carbocycles. The van der Waals surface area contributed by atoms with E-state index in [2.05, 4.69) is 10.5 Å². The first-order valence-electron chi connectivity index (χ1n) is 5.49. The van der Waals surface area contributed by atoms with Crippen LogP contribution < -0.4 is 5.32 Å². The highest BCUT2D eigenvalue weighted by atomic mass is 19.1. The molecule has 0 saturated carbocycles. The lowest BCUT2D eigenvalue weighted by molar-refractivity contribution is 0.102. The number of carbonyl (C=O) groups excluding carboxylic acids is 1. The zero-order chi connectivity index (χ0) is 13.3. The van der Waals surface area contributed by atoms with E-state index in [4.69, 9.17) is 4.52 Å². The summed E-state index contributed by atoms with van der Waals surface area (Å²) in [5, 5.41) is 6.22. The molecule has 0 bridgehead atoms. The Morgan fingerprint density at radius 2 is 2.06 bits per heavy atom. The Balaban J connectivity index is 2.25. The fourth-order valence-corrected chi connectivity index (χ4v) is 1.51. The Bertz CT molecular complexity index is 605. The lowest BCUT2D eigenvalue weighted by Crippen LogP contribution is -2.14. The number of anilines is 1.